The third kappa shape index (κ3) is 2.73. The van der Waals surface area contributed by atoms with Crippen molar-refractivity contribution in [2.75, 3.05) is 5.32 Å². The van der Waals surface area contributed by atoms with Gasteiger partial charge in [0.1, 0.15) is 10.3 Å². The van der Waals surface area contributed by atoms with Gasteiger partial charge >= 0.3 is 0 Å². The Kier molecular flexibility index (Phi) is 3.58. The second-order valence-corrected chi connectivity index (χ2v) is 4.85. The molecule has 1 aromatic carbocycles. The Hall–Kier alpha value is -1.21. The van der Waals surface area contributed by atoms with E-state index >= 15 is 0 Å². The number of nitrogens with zero attached hydrogens (tertiary/aromatic N) is 1. The summed E-state index contributed by atoms with van der Waals surface area (Å²) in [4.78, 5) is 17.6. The van der Waals surface area contributed by atoms with E-state index in [0.717, 1.165) is 4.47 Å². The molecule has 4 nitrogen and oxygen atoms in total. The zero-order valence-corrected chi connectivity index (χ0v) is 11.5. The highest BCUT2D eigenvalue weighted by Crippen LogP contribution is 2.25. The fraction of sp³-hybridized carbons (Fsp3) is 0. The highest BCUT2D eigenvalue weighted by atomic mass is 79.9. The summed E-state index contributed by atoms with van der Waals surface area (Å²) in [7, 11) is 0. The van der Waals surface area contributed by atoms with Crippen LogP contribution < -0.4 is 10.9 Å². The maximum absolute atomic E-state index is 13.5. The molecule has 0 radical (unpaired) electrons. The van der Waals surface area contributed by atoms with Crippen LogP contribution in [0.5, 0.6) is 0 Å². The number of aromatic nitrogens is 2. The number of H-pyrrole nitrogens is 1. The van der Waals surface area contributed by atoms with Crippen LogP contribution in [-0.2, 0) is 0 Å². The van der Waals surface area contributed by atoms with Crippen molar-refractivity contribution in [1.29, 1.82) is 0 Å². The molecular formula is C10H6Br2FN3O. The van der Waals surface area contributed by atoms with E-state index in [1.54, 1.807) is 12.1 Å². The maximum Gasteiger partial charge on any atom is 0.267 e. The molecule has 0 aliphatic rings. The molecule has 7 heteroatoms. The lowest BCUT2D eigenvalue weighted by Gasteiger charge is -2.07. The first-order chi connectivity index (χ1) is 8.08. The molecule has 0 saturated heterocycles. The quantitative estimate of drug-likeness (QED) is 0.862. The Morgan fingerprint density at radius 3 is 2.88 bits per heavy atom. The molecule has 2 aromatic rings. The summed E-state index contributed by atoms with van der Waals surface area (Å²) < 4.78 is 14.4. The number of rotatable bonds is 2. The fourth-order valence-electron chi connectivity index (χ4n) is 1.19. The van der Waals surface area contributed by atoms with Crippen LogP contribution in [0.1, 0.15) is 0 Å². The lowest BCUT2D eigenvalue weighted by atomic mass is 10.3. The first kappa shape index (κ1) is 12.3. The Bertz CT molecular complexity index is 615. The topological polar surface area (TPSA) is 57.8 Å². The van der Waals surface area contributed by atoms with Crippen molar-refractivity contribution in [2.45, 2.75) is 0 Å². The minimum Gasteiger partial charge on any atom is -0.337 e. The van der Waals surface area contributed by atoms with Crippen molar-refractivity contribution in [3.63, 3.8) is 0 Å². The van der Waals surface area contributed by atoms with Gasteiger partial charge in [-0.2, -0.15) is 0 Å². The molecule has 88 valence electrons. The zero-order valence-electron chi connectivity index (χ0n) is 8.30. The van der Waals surface area contributed by atoms with Crippen LogP contribution in [0.4, 0.5) is 15.9 Å². The Balaban J connectivity index is 2.41. The average molecular weight is 363 g/mol. The predicted molar refractivity (Wildman–Crippen MR) is 69.9 cm³/mol. The molecule has 1 aromatic heterocycles. The lowest BCUT2D eigenvalue weighted by molar-refractivity contribution is 0.631. The number of aromatic amines is 1. The molecule has 1 heterocycles. The number of benzene rings is 1. The normalized spacial score (nSPS) is 10.3. The van der Waals surface area contributed by atoms with E-state index in [-0.39, 0.29) is 21.5 Å². The molecule has 0 aliphatic heterocycles. The number of anilines is 2. The van der Waals surface area contributed by atoms with E-state index in [1.807, 2.05) is 0 Å². The van der Waals surface area contributed by atoms with Crippen molar-refractivity contribution >= 4 is 43.4 Å². The number of halogens is 3. The van der Waals surface area contributed by atoms with Gasteiger partial charge < -0.3 is 10.3 Å². The lowest BCUT2D eigenvalue weighted by Crippen LogP contribution is -2.10. The zero-order chi connectivity index (χ0) is 12.4. The number of hydrogen-bond acceptors (Lipinski definition) is 3. The van der Waals surface area contributed by atoms with Gasteiger partial charge in [0.2, 0.25) is 0 Å². The SMILES string of the molecule is O=c1[nH]cnc(Nc2cc(Br)ccc2F)c1Br. The summed E-state index contributed by atoms with van der Waals surface area (Å²) in [6, 6.07) is 4.46. The second kappa shape index (κ2) is 4.97. The van der Waals surface area contributed by atoms with Gasteiger partial charge in [0.05, 0.1) is 12.0 Å². The second-order valence-electron chi connectivity index (χ2n) is 3.14. The molecule has 0 atom stereocenters. The van der Waals surface area contributed by atoms with E-state index in [9.17, 15) is 9.18 Å². The first-order valence-electron chi connectivity index (χ1n) is 4.53. The Morgan fingerprint density at radius 1 is 1.35 bits per heavy atom. The first-order valence-corrected chi connectivity index (χ1v) is 6.12. The highest BCUT2D eigenvalue weighted by Gasteiger charge is 2.08. The average Bonchev–Trinajstić information content (AvgIpc) is 2.30. The van der Waals surface area contributed by atoms with Crippen molar-refractivity contribution in [3.05, 3.63) is 49.6 Å². The van der Waals surface area contributed by atoms with Crippen LogP contribution >= 0.6 is 31.9 Å². The number of hydrogen-bond donors (Lipinski definition) is 2. The molecule has 2 rings (SSSR count). The fourth-order valence-corrected chi connectivity index (χ4v) is 1.87. The molecule has 0 unspecified atom stereocenters. The third-order valence-electron chi connectivity index (χ3n) is 1.98. The smallest absolute Gasteiger partial charge is 0.267 e. The summed E-state index contributed by atoms with van der Waals surface area (Å²) in [6.07, 6.45) is 1.24. The molecule has 0 aliphatic carbocycles. The molecular weight excluding hydrogens is 357 g/mol. The molecule has 0 bridgehead atoms. The summed E-state index contributed by atoms with van der Waals surface area (Å²) in [5, 5.41) is 2.74. The van der Waals surface area contributed by atoms with Gasteiger partial charge in [-0.05, 0) is 34.1 Å². The van der Waals surface area contributed by atoms with Crippen LogP contribution in [0.15, 0.2) is 38.3 Å². The minimum atomic E-state index is -0.429. The van der Waals surface area contributed by atoms with E-state index < -0.39 is 5.82 Å². The van der Waals surface area contributed by atoms with Gasteiger partial charge in [-0.3, -0.25) is 4.79 Å². The number of nitrogens with one attached hydrogen (secondary N) is 2. The van der Waals surface area contributed by atoms with Gasteiger partial charge in [0.25, 0.3) is 5.56 Å². The summed E-state index contributed by atoms with van der Waals surface area (Å²) >= 11 is 6.31. The van der Waals surface area contributed by atoms with Crippen LogP contribution in [-0.4, -0.2) is 9.97 Å². The van der Waals surface area contributed by atoms with Gasteiger partial charge in [-0.25, -0.2) is 9.37 Å². The van der Waals surface area contributed by atoms with Crippen molar-refractivity contribution in [1.82, 2.24) is 9.97 Å². The molecule has 0 fully saturated rings. The largest absolute Gasteiger partial charge is 0.337 e. The predicted octanol–water partition coefficient (Wildman–Crippen LogP) is 3.18. The Labute approximate surface area is 113 Å². The molecule has 17 heavy (non-hydrogen) atoms. The minimum absolute atomic E-state index is 0.222. The molecule has 0 amide bonds. The van der Waals surface area contributed by atoms with Gasteiger partial charge in [-0.1, -0.05) is 15.9 Å². The highest BCUT2D eigenvalue weighted by molar-refractivity contribution is 9.10. The molecule has 0 spiro atoms. The summed E-state index contributed by atoms with van der Waals surface area (Å²) in [5.74, 6) is -0.173. The van der Waals surface area contributed by atoms with Crippen LogP contribution in [0.2, 0.25) is 0 Å². The van der Waals surface area contributed by atoms with E-state index in [0.29, 0.717) is 0 Å². The van der Waals surface area contributed by atoms with Gasteiger partial charge in [0, 0.05) is 4.47 Å². The van der Waals surface area contributed by atoms with E-state index in [4.69, 9.17) is 0 Å². The summed E-state index contributed by atoms with van der Waals surface area (Å²) in [5.41, 5.74) is -0.101. The molecule has 0 saturated carbocycles. The van der Waals surface area contributed by atoms with Crippen LogP contribution in [0.3, 0.4) is 0 Å². The van der Waals surface area contributed by atoms with Crippen LogP contribution in [0, 0.1) is 5.82 Å². The van der Waals surface area contributed by atoms with Gasteiger partial charge in [-0.15, -0.1) is 0 Å². The standard InChI is InChI=1S/C10H6Br2FN3O/c11-5-1-2-6(13)7(3-5)16-9-8(12)10(17)15-4-14-9/h1-4H,(H2,14,15,16,17). The van der Waals surface area contributed by atoms with Crippen LogP contribution in [0.25, 0.3) is 0 Å². The maximum atomic E-state index is 13.5. The van der Waals surface area contributed by atoms with Crippen molar-refractivity contribution in [3.8, 4) is 0 Å². The third-order valence-corrected chi connectivity index (χ3v) is 3.21. The van der Waals surface area contributed by atoms with E-state index in [2.05, 4.69) is 47.1 Å². The Morgan fingerprint density at radius 2 is 2.12 bits per heavy atom. The summed E-state index contributed by atoms with van der Waals surface area (Å²) in [6.45, 7) is 0. The monoisotopic (exact) mass is 361 g/mol. The van der Waals surface area contributed by atoms with Gasteiger partial charge in [0.15, 0.2) is 5.82 Å². The van der Waals surface area contributed by atoms with Crippen molar-refractivity contribution < 1.29 is 4.39 Å². The van der Waals surface area contributed by atoms with Crippen molar-refractivity contribution in [2.24, 2.45) is 0 Å². The van der Waals surface area contributed by atoms with E-state index in [1.165, 1.54) is 12.4 Å². The molecule has 2 N–H and O–H groups in total.